The van der Waals surface area contributed by atoms with Gasteiger partial charge >= 0.3 is 0 Å². The van der Waals surface area contributed by atoms with Gasteiger partial charge in [-0.25, -0.2) is 4.98 Å². The molecule has 4 rings (SSSR count). The minimum atomic E-state index is -0.180. The fourth-order valence-electron chi connectivity index (χ4n) is 2.45. The molecule has 122 valence electrons. The topological polar surface area (TPSA) is 59.8 Å². The van der Waals surface area contributed by atoms with Crippen molar-refractivity contribution in [2.75, 3.05) is 5.32 Å². The second-order valence-electron chi connectivity index (χ2n) is 5.32. The van der Waals surface area contributed by atoms with Crippen LogP contribution in [0.25, 0.3) is 16.4 Å². The average Bonchev–Trinajstić information content (AvgIpc) is 3.33. The van der Waals surface area contributed by atoms with E-state index in [0.717, 1.165) is 10.7 Å². The summed E-state index contributed by atoms with van der Waals surface area (Å²) < 4.78 is 1.90. The largest absolute Gasteiger partial charge is 0.321 e. The Morgan fingerprint density at radius 1 is 0.960 bits per heavy atom. The molecule has 25 heavy (non-hydrogen) atoms. The van der Waals surface area contributed by atoms with Gasteiger partial charge in [0, 0.05) is 36.0 Å². The maximum atomic E-state index is 12.8. The van der Waals surface area contributed by atoms with Crippen molar-refractivity contribution in [3.63, 3.8) is 0 Å². The minimum absolute atomic E-state index is 0.180. The summed E-state index contributed by atoms with van der Waals surface area (Å²) in [4.78, 5) is 22.1. The number of aromatic nitrogens is 3. The molecule has 0 unspecified atom stereocenters. The Morgan fingerprint density at radius 2 is 1.68 bits per heavy atom. The molecular formula is C19H14N4OS. The van der Waals surface area contributed by atoms with E-state index in [1.165, 1.54) is 11.3 Å². The van der Waals surface area contributed by atoms with E-state index in [2.05, 4.69) is 10.3 Å². The van der Waals surface area contributed by atoms with Crippen LogP contribution in [0.2, 0.25) is 0 Å². The van der Waals surface area contributed by atoms with E-state index >= 15 is 0 Å². The van der Waals surface area contributed by atoms with Gasteiger partial charge in [0.05, 0.1) is 5.69 Å². The van der Waals surface area contributed by atoms with E-state index in [1.54, 1.807) is 24.5 Å². The molecule has 4 aromatic rings. The van der Waals surface area contributed by atoms with Gasteiger partial charge in [-0.3, -0.25) is 9.78 Å². The summed E-state index contributed by atoms with van der Waals surface area (Å²) in [5.41, 5.74) is 2.30. The molecule has 0 aliphatic carbocycles. The molecule has 0 fully saturated rings. The van der Waals surface area contributed by atoms with E-state index in [9.17, 15) is 4.79 Å². The number of pyridine rings is 1. The Balaban J connectivity index is 1.76. The van der Waals surface area contributed by atoms with Gasteiger partial charge in [-0.2, -0.15) is 0 Å². The number of carbonyl (C=O) groups excluding carboxylic acids is 1. The lowest BCUT2D eigenvalue weighted by atomic mass is 10.1. The van der Waals surface area contributed by atoms with Crippen molar-refractivity contribution in [2.45, 2.75) is 0 Å². The summed E-state index contributed by atoms with van der Waals surface area (Å²) >= 11 is 1.36. The number of nitrogens with one attached hydrogen (secondary N) is 1. The average molecular weight is 346 g/mol. The third kappa shape index (κ3) is 3.20. The molecule has 1 N–H and O–H groups in total. The lowest BCUT2D eigenvalue weighted by Crippen LogP contribution is -2.11. The second-order valence-corrected chi connectivity index (χ2v) is 6.30. The number of amides is 1. The zero-order chi connectivity index (χ0) is 17.1. The van der Waals surface area contributed by atoms with Crippen LogP contribution >= 0.6 is 11.3 Å². The molecular weight excluding hydrogens is 332 g/mol. The highest BCUT2D eigenvalue weighted by Gasteiger charge is 2.20. The Labute approximate surface area is 148 Å². The zero-order valence-corrected chi connectivity index (χ0v) is 14.0. The van der Waals surface area contributed by atoms with Gasteiger partial charge in [-0.05, 0) is 24.3 Å². The molecule has 3 aromatic heterocycles. The maximum Gasteiger partial charge on any atom is 0.268 e. The van der Waals surface area contributed by atoms with Crippen molar-refractivity contribution in [3.8, 4) is 16.4 Å². The van der Waals surface area contributed by atoms with E-state index in [-0.39, 0.29) is 5.91 Å². The third-order valence-corrected chi connectivity index (χ3v) is 4.70. The van der Waals surface area contributed by atoms with Crippen LogP contribution in [0.1, 0.15) is 9.67 Å². The number of anilines is 1. The second kappa shape index (κ2) is 6.70. The van der Waals surface area contributed by atoms with E-state index < -0.39 is 0 Å². The summed E-state index contributed by atoms with van der Waals surface area (Å²) in [6.45, 7) is 0. The molecule has 5 nitrogen and oxygen atoms in total. The van der Waals surface area contributed by atoms with Gasteiger partial charge in [-0.1, -0.05) is 41.7 Å². The van der Waals surface area contributed by atoms with Crippen LogP contribution in [-0.2, 0) is 0 Å². The van der Waals surface area contributed by atoms with Gasteiger partial charge in [0.25, 0.3) is 5.91 Å². The lowest BCUT2D eigenvalue weighted by Gasteiger charge is -2.04. The molecule has 6 heteroatoms. The molecule has 0 saturated heterocycles. The molecule has 0 aliphatic heterocycles. The van der Waals surface area contributed by atoms with E-state index in [4.69, 9.17) is 4.98 Å². The first-order valence-corrected chi connectivity index (χ1v) is 8.54. The van der Waals surface area contributed by atoms with Crippen molar-refractivity contribution in [1.29, 1.82) is 0 Å². The molecule has 1 amide bonds. The minimum Gasteiger partial charge on any atom is -0.321 e. The first-order valence-electron chi connectivity index (χ1n) is 7.72. The number of hydrogen-bond donors (Lipinski definition) is 1. The highest BCUT2D eigenvalue weighted by molar-refractivity contribution is 7.16. The molecule has 0 bridgehead atoms. The first kappa shape index (κ1) is 15.3. The molecule has 0 spiro atoms. The normalized spacial score (nSPS) is 10.6. The van der Waals surface area contributed by atoms with Gasteiger partial charge in [0.2, 0.25) is 0 Å². The highest BCUT2D eigenvalue weighted by atomic mass is 32.1. The van der Waals surface area contributed by atoms with E-state index in [1.807, 2.05) is 59.4 Å². The van der Waals surface area contributed by atoms with Gasteiger partial charge in [0.1, 0.15) is 4.88 Å². The van der Waals surface area contributed by atoms with Crippen LogP contribution in [0.3, 0.4) is 0 Å². The van der Waals surface area contributed by atoms with Crippen molar-refractivity contribution in [2.24, 2.45) is 0 Å². The SMILES string of the molecule is O=C(Nc1ccncc1)c1sc(-n2cccc2)nc1-c1ccccc1. The lowest BCUT2D eigenvalue weighted by molar-refractivity contribution is 0.103. The fourth-order valence-corrected chi connectivity index (χ4v) is 3.40. The Morgan fingerprint density at radius 3 is 2.40 bits per heavy atom. The van der Waals surface area contributed by atoms with Crippen molar-refractivity contribution in [3.05, 3.63) is 84.3 Å². The standard InChI is InChI=1S/C19H14N4OS/c24-18(21-15-8-10-20-11-9-15)17-16(14-6-2-1-3-7-14)22-19(25-17)23-12-4-5-13-23/h1-13H,(H,20,21,24). The fraction of sp³-hybridized carbons (Fsp3) is 0. The van der Waals surface area contributed by atoms with Crippen molar-refractivity contribution < 1.29 is 4.79 Å². The number of rotatable bonds is 4. The van der Waals surface area contributed by atoms with Gasteiger partial charge in [0.15, 0.2) is 5.13 Å². The third-order valence-electron chi connectivity index (χ3n) is 3.63. The highest BCUT2D eigenvalue weighted by Crippen LogP contribution is 2.31. The number of thiazole rings is 1. The van der Waals surface area contributed by atoms with Crippen LogP contribution in [0.15, 0.2) is 79.4 Å². The van der Waals surface area contributed by atoms with Crippen molar-refractivity contribution in [1.82, 2.24) is 14.5 Å². The molecule has 1 aromatic carbocycles. The molecule has 0 aliphatic rings. The maximum absolute atomic E-state index is 12.8. The smallest absolute Gasteiger partial charge is 0.268 e. The number of hydrogen-bond acceptors (Lipinski definition) is 4. The Hall–Kier alpha value is -3.25. The summed E-state index contributed by atoms with van der Waals surface area (Å²) in [7, 11) is 0. The molecule has 0 atom stereocenters. The zero-order valence-electron chi connectivity index (χ0n) is 13.2. The predicted octanol–water partition coefficient (Wildman–Crippen LogP) is 4.25. The van der Waals surface area contributed by atoms with Gasteiger partial charge in [-0.15, -0.1) is 0 Å². The van der Waals surface area contributed by atoms with Crippen LogP contribution in [0, 0.1) is 0 Å². The van der Waals surface area contributed by atoms with Crippen molar-refractivity contribution >= 4 is 22.9 Å². The number of benzene rings is 1. The first-order chi connectivity index (χ1) is 12.3. The number of carbonyl (C=O) groups is 1. The summed E-state index contributed by atoms with van der Waals surface area (Å²) in [5, 5.41) is 3.66. The molecule has 3 heterocycles. The molecule has 0 saturated carbocycles. The monoisotopic (exact) mass is 346 g/mol. The number of nitrogens with zero attached hydrogens (tertiary/aromatic N) is 3. The summed E-state index contributed by atoms with van der Waals surface area (Å²) in [6, 6.07) is 17.1. The van der Waals surface area contributed by atoms with Crippen LogP contribution in [0.5, 0.6) is 0 Å². The quantitative estimate of drug-likeness (QED) is 0.601. The summed E-state index contributed by atoms with van der Waals surface area (Å²) in [5.74, 6) is -0.180. The Kier molecular flexibility index (Phi) is 4.10. The predicted molar refractivity (Wildman–Crippen MR) is 99.1 cm³/mol. The van der Waals surface area contributed by atoms with Crippen LogP contribution in [-0.4, -0.2) is 20.4 Å². The van der Waals surface area contributed by atoms with E-state index in [0.29, 0.717) is 16.3 Å². The summed E-state index contributed by atoms with van der Waals surface area (Å²) in [6.07, 6.45) is 7.12. The Bertz CT molecular complexity index is 979. The van der Waals surface area contributed by atoms with Crippen LogP contribution < -0.4 is 5.32 Å². The van der Waals surface area contributed by atoms with Crippen LogP contribution in [0.4, 0.5) is 5.69 Å². The molecule has 0 radical (unpaired) electrons. The van der Waals surface area contributed by atoms with Gasteiger partial charge < -0.3 is 9.88 Å².